The molecule has 3 rings (SSSR count). The highest BCUT2D eigenvalue weighted by molar-refractivity contribution is 7.89. The van der Waals surface area contributed by atoms with Gasteiger partial charge in [0.25, 0.3) is 5.91 Å². The van der Waals surface area contributed by atoms with Crippen LogP contribution in [-0.2, 0) is 10.0 Å². The molecule has 0 unspecified atom stereocenters. The second kappa shape index (κ2) is 8.35. The molecule has 0 atom stereocenters. The van der Waals surface area contributed by atoms with Crippen molar-refractivity contribution in [1.29, 1.82) is 0 Å². The van der Waals surface area contributed by atoms with Gasteiger partial charge in [-0.3, -0.25) is 4.79 Å². The first-order valence-corrected chi connectivity index (χ1v) is 10.5. The summed E-state index contributed by atoms with van der Waals surface area (Å²) in [5.41, 5.74) is 0.608. The molecular formula is C18H21ClN4O3S. The van der Waals surface area contributed by atoms with E-state index in [1.807, 2.05) is 0 Å². The first-order chi connectivity index (χ1) is 12.9. The van der Waals surface area contributed by atoms with Crippen LogP contribution in [0.2, 0.25) is 5.15 Å². The van der Waals surface area contributed by atoms with Crippen molar-refractivity contribution in [2.45, 2.75) is 11.8 Å². The van der Waals surface area contributed by atoms with Crippen molar-refractivity contribution in [2.24, 2.45) is 0 Å². The van der Waals surface area contributed by atoms with Gasteiger partial charge in [-0.05, 0) is 36.9 Å². The number of nitrogens with zero attached hydrogens (tertiary/aromatic N) is 3. The molecule has 9 heteroatoms. The van der Waals surface area contributed by atoms with E-state index in [1.165, 1.54) is 22.6 Å². The van der Waals surface area contributed by atoms with Gasteiger partial charge in [0.1, 0.15) is 5.15 Å². The predicted octanol–water partition coefficient (Wildman–Crippen LogP) is 2.31. The van der Waals surface area contributed by atoms with Crippen LogP contribution in [0.5, 0.6) is 0 Å². The molecule has 0 radical (unpaired) electrons. The zero-order chi connectivity index (χ0) is 19.4. The highest BCUT2D eigenvalue weighted by Crippen LogP contribution is 2.22. The Morgan fingerprint density at radius 1 is 1.19 bits per heavy atom. The largest absolute Gasteiger partial charge is 0.322 e. The molecule has 1 fully saturated rings. The molecule has 2 aromatic rings. The number of sulfonamides is 1. The minimum absolute atomic E-state index is 0.0903. The molecule has 1 N–H and O–H groups in total. The Kier molecular flexibility index (Phi) is 6.11. The molecule has 7 nitrogen and oxygen atoms in total. The SMILES string of the molecule is CCN1CCN(S(=O)(=O)c2cccc(NC(=O)c3cccnc3Cl)c2)CC1. The predicted molar refractivity (Wildman–Crippen MR) is 105 cm³/mol. The van der Waals surface area contributed by atoms with Gasteiger partial charge in [-0.2, -0.15) is 4.31 Å². The molecule has 144 valence electrons. The van der Waals surface area contributed by atoms with E-state index >= 15 is 0 Å². The third-order valence-electron chi connectivity index (χ3n) is 4.51. The van der Waals surface area contributed by atoms with E-state index in [9.17, 15) is 13.2 Å². The van der Waals surface area contributed by atoms with Crippen LogP contribution >= 0.6 is 11.6 Å². The Balaban J connectivity index is 1.77. The molecule has 2 heterocycles. The molecule has 0 bridgehead atoms. The second-order valence-electron chi connectivity index (χ2n) is 6.16. The number of likely N-dealkylation sites (N-methyl/N-ethyl adjacent to an activating group) is 1. The summed E-state index contributed by atoms with van der Waals surface area (Å²) in [7, 11) is -3.61. The number of carbonyl (C=O) groups excluding carboxylic acids is 1. The van der Waals surface area contributed by atoms with Gasteiger partial charge in [0.2, 0.25) is 10.0 Å². The summed E-state index contributed by atoms with van der Waals surface area (Å²) in [6.45, 7) is 5.31. The van der Waals surface area contributed by atoms with Gasteiger partial charge in [-0.25, -0.2) is 13.4 Å². The number of anilines is 1. The quantitative estimate of drug-likeness (QED) is 0.767. The van der Waals surface area contributed by atoms with Gasteiger partial charge in [0.15, 0.2) is 0 Å². The Morgan fingerprint density at radius 2 is 1.93 bits per heavy atom. The van der Waals surface area contributed by atoms with Crippen LogP contribution in [0.15, 0.2) is 47.5 Å². The fourth-order valence-corrected chi connectivity index (χ4v) is 4.60. The lowest BCUT2D eigenvalue weighted by Crippen LogP contribution is -2.48. The van der Waals surface area contributed by atoms with Gasteiger partial charge in [0, 0.05) is 38.1 Å². The summed E-state index contributed by atoms with van der Waals surface area (Å²) in [5, 5.41) is 2.77. The van der Waals surface area contributed by atoms with Gasteiger partial charge < -0.3 is 10.2 Å². The van der Waals surface area contributed by atoms with Gasteiger partial charge in [-0.15, -0.1) is 0 Å². The minimum Gasteiger partial charge on any atom is -0.322 e. The first kappa shape index (κ1) is 19.8. The van der Waals surface area contributed by atoms with Crippen molar-refractivity contribution >= 4 is 33.2 Å². The molecule has 1 saturated heterocycles. The molecule has 0 saturated carbocycles. The van der Waals surface area contributed by atoms with Crippen molar-refractivity contribution in [3.63, 3.8) is 0 Å². The maximum Gasteiger partial charge on any atom is 0.258 e. The van der Waals surface area contributed by atoms with Crippen molar-refractivity contribution in [2.75, 3.05) is 38.0 Å². The summed E-state index contributed by atoms with van der Waals surface area (Å²) >= 11 is 5.94. The van der Waals surface area contributed by atoms with Crippen LogP contribution in [-0.4, -0.2) is 61.2 Å². The lowest BCUT2D eigenvalue weighted by atomic mass is 10.2. The number of piperazine rings is 1. The lowest BCUT2D eigenvalue weighted by Gasteiger charge is -2.33. The highest BCUT2D eigenvalue weighted by atomic mass is 35.5. The second-order valence-corrected chi connectivity index (χ2v) is 8.46. The normalized spacial score (nSPS) is 16.2. The van der Waals surface area contributed by atoms with Crippen molar-refractivity contribution in [3.05, 3.63) is 53.3 Å². The number of nitrogens with one attached hydrogen (secondary N) is 1. The molecule has 0 spiro atoms. The molecule has 1 aromatic carbocycles. The van der Waals surface area contributed by atoms with Crippen molar-refractivity contribution in [1.82, 2.24) is 14.2 Å². The van der Waals surface area contributed by atoms with Crippen LogP contribution < -0.4 is 5.32 Å². The minimum atomic E-state index is -3.61. The molecule has 27 heavy (non-hydrogen) atoms. The Labute approximate surface area is 164 Å². The Bertz CT molecular complexity index is 928. The molecular weight excluding hydrogens is 388 g/mol. The van der Waals surface area contributed by atoms with Crippen LogP contribution in [0.3, 0.4) is 0 Å². The fraction of sp³-hybridized carbons (Fsp3) is 0.333. The zero-order valence-electron chi connectivity index (χ0n) is 14.9. The number of rotatable bonds is 5. The molecule has 0 aliphatic carbocycles. The van der Waals surface area contributed by atoms with Gasteiger partial charge >= 0.3 is 0 Å². The zero-order valence-corrected chi connectivity index (χ0v) is 16.5. The van der Waals surface area contributed by atoms with Gasteiger partial charge in [0.05, 0.1) is 10.5 Å². The monoisotopic (exact) mass is 408 g/mol. The van der Waals surface area contributed by atoms with Crippen LogP contribution in [0.25, 0.3) is 0 Å². The average molecular weight is 409 g/mol. The number of hydrogen-bond donors (Lipinski definition) is 1. The van der Waals surface area contributed by atoms with Crippen LogP contribution in [0.4, 0.5) is 5.69 Å². The number of benzene rings is 1. The van der Waals surface area contributed by atoms with E-state index in [1.54, 1.807) is 24.3 Å². The molecule has 1 aromatic heterocycles. The van der Waals surface area contributed by atoms with E-state index in [2.05, 4.69) is 22.1 Å². The molecule has 1 amide bonds. The summed E-state index contributed by atoms with van der Waals surface area (Å²) in [4.78, 5) is 18.6. The van der Waals surface area contributed by atoms with E-state index in [4.69, 9.17) is 11.6 Å². The number of aromatic nitrogens is 1. The summed E-state index contributed by atoms with van der Waals surface area (Å²) in [5.74, 6) is -0.445. The topological polar surface area (TPSA) is 82.6 Å². The number of amides is 1. The number of hydrogen-bond acceptors (Lipinski definition) is 5. The summed E-state index contributed by atoms with van der Waals surface area (Å²) in [6.07, 6.45) is 1.49. The number of halogens is 1. The van der Waals surface area contributed by atoms with E-state index in [0.29, 0.717) is 31.9 Å². The first-order valence-electron chi connectivity index (χ1n) is 8.66. The fourth-order valence-electron chi connectivity index (χ4n) is 2.92. The third-order valence-corrected chi connectivity index (χ3v) is 6.71. The molecule has 1 aliphatic heterocycles. The van der Waals surface area contributed by atoms with Crippen molar-refractivity contribution < 1.29 is 13.2 Å². The Morgan fingerprint density at radius 3 is 2.59 bits per heavy atom. The van der Waals surface area contributed by atoms with E-state index in [-0.39, 0.29) is 15.6 Å². The van der Waals surface area contributed by atoms with Gasteiger partial charge in [-0.1, -0.05) is 24.6 Å². The van der Waals surface area contributed by atoms with E-state index < -0.39 is 15.9 Å². The van der Waals surface area contributed by atoms with Crippen LogP contribution in [0.1, 0.15) is 17.3 Å². The van der Waals surface area contributed by atoms with Crippen molar-refractivity contribution in [3.8, 4) is 0 Å². The Hall–Kier alpha value is -2.00. The maximum atomic E-state index is 12.9. The number of carbonyl (C=O) groups is 1. The van der Waals surface area contributed by atoms with E-state index in [0.717, 1.165) is 6.54 Å². The van der Waals surface area contributed by atoms with Crippen LogP contribution in [0, 0.1) is 0 Å². The lowest BCUT2D eigenvalue weighted by molar-refractivity contribution is 0.102. The highest BCUT2D eigenvalue weighted by Gasteiger charge is 2.28. The smallest absolute Gasteiger partial charge is 0.258 e. The third kappa shape index (κ3) is 4.47. The summed E-state index contributed by atoms with van der Waals surface area (Å²) < 4.78 is 27.3. The standard InChI is InChI=1S/C18H21ClN4O3S/c1-2-22-9-11-23(12-10-22)27(25,26)15-6-3-5-14(13-15)21-18(24)16-7-4-8-20-17(16)19/h3-8,13H,2,9-12H2,1H3,(H,21,24). The average Bonchev–Trinajstić information content (AvgIpc) is 2.68. The molecule has 1 aliphatic rings. The summed E-state index contributed by atoms with van der Waals surface area (Å²) in [6, 6.07) is 9.40. The maximum absolute atomic E-state index is 12.9. The number of pyridine rings is 1.